The molecule has 7 heteroatoms. The van der Waals surface area contributed by atoms with Gasteiger partial charge in [0, 0.05) is 0 Å². The van der Waals surface area contributed by atoms with Gasteiger partial charge in [-0.15, -0.1) is 0 Å². The third-order valence-corrected chi connectivity index (χ3v) is 3.05. The van der Waals surface area contributed by atoms with Crippen molar-refractivity contribution in [1.82, 2.24) is 5.32 Å². The summed E-state index contributed by atoms with van der Waals surface area (Å²) >= 11 is 0. The molecule has 1 rings (SSSR count). The minimum absolute atomic E-state index is 0.0241. The van der Waals surface area contributed by atoms with Crippen LogP contribution in [0.5, 0.6) is 0 Å². The lowest BCUT2D eigenvalue weighted by Gasteiger charge is -2.21. The van der Waals surface area contributed by atoms with Gasteiger partial charge in [-0.3, -0.25) is 9.59 Å². The molecule has 0 saturated heterocycles. The highest BCUT2D eigenvalue weighted by Crippen LogP contribution is 2.12. The van der Waals surface area contributed by atoms with Gasteiger partial charge < -0.3 is 20.3 Å². The van der Waals surface area contributed by atoms with Crippen LogP contribution in [-0.4, -0.2) is 34.3 Å². The average molecular weight is 309 g/mol. The Bertz CT molecular complexity index is 502. The van der Waals surface area contributed by atoms with E-state index in [9.17, 15) is 14.4 Å². The standard InChI is InChI=1S/C15H19NO6/c1-2-6-11(12(13(17)18)14(19)20)16-15(21)22-9-10-7-4-3-5-8-10/h3-5,7-8,11-12H,2,6,9H2,1H3,(H,16,21)(H,17,18)(H,19,20)/t11-/m0/s1. The number of alkyl carbamates (subject to hydrolysis) is 1. The quantitative estimate of drug-likeness (QED) is 0.632. The number of carbonyl (C=O) groups is 3. The second kappa shape index (κ2) is 8.66. The molecule has 0 spiro atoms. The highest BCUT2D eigenvalue weighted by atomic mass is 16.5. The third kappa shape index (κ3) is 5.43. The Kier molecular flexibility index (Phi) is 6.88. The summed E-state index contributed by atoms with van der Waals surface area (Å²) in [7, 11) is 0. The van der Waals surface area contributed by atoms with Gasteiger partial charge in [0.2, 0.25) is 0 Å². The van der Waals surface area contributed by atoms with Crippen molar-refractivity contribution in [2.45, 2.75) is 32.4 Å². The van der Waals surface area contributed by atoms with E-state index in [1.165, 1.54) is 0 Å². The molecule has 7 nitrogen and oxygen atoms in total. The van der Waals surface area contributed by atoms with Crippen molar-refractivity contribution in [3.05, 3.63) is 35.9 Å². The Morgan fingerprint density at radius 1 is 1.14 bits per heavy atom. The van der Waals surface area contributed by atoms with Crippen LogP contribution in [0.3, 0.4) is 0 Å². The largest absolute Gasteiger partial charge is 0.481 e. The molecule has 0 aromatic heterocycles. The number of benzene rings is 1. The van der Waals surface area contributed by atoms with Crippen LogP contribution in [0.15, 0.2) is 30.3 Å². The number of hydrogen-bond donors (Lipinski definition) is 3. The van der Waals surface area contributed by atoms with Gasteiger partial charge in [-0.05, 0) is 12.0 Å². The number of nitrogens with one attached hydrogen (secondary N) is 1. The summed E-state index contributed by atoms with van der Waals surface area (Å²) < 4.78 is 4.98. The van der Waals surface area contributed by atoms with Gasteiger partial charge in [-0.25, -0.2) is 4.79 Å². The fourth-order valence-electron chi connectivity index (χ4n) is 2.00. The minimum atomic E-state index is -1.70. The molecule has 0 heterocycles. The first-order valence-electron chi connectivity index (χ1n) is 6.88. The molecule has 0 unspecified atom stereocenters. The van der Waals surface area contributed by atoms with Crippen LogP contribution in [0, 0.1) is 5.92 Å². The lowest BCUT2D eigenvalue weighted by Crippen LogP contribution is -2.46. The van der Waals surface area contributed by atoms with E-state index < -0.39 is 30.0 Å². The normalized spacial score (nSPS) is 11.7. The first-order valence-corrected chi connectivity index (χ1v) is 6.88. The fraction of sp³-hybridized carbons (Fsp3) is 0.400. The Balaban J connectivity index is 2.63. The molecule has 0 bridgehead atoms. The van der Waals surface area contributed by atoms with E-state index in [-0.39, 0.29) is 13.0 Å². The molecule has 0 radical (unpaired) electrons. The van der Waals surface area contributed by atoms with Crippen LogP contribution in [0.1, 0.15) is 25.3 Å². The molecular formula is C15H19NO6. The summed E-state index contributed by atoms with van der Waals surface area (Å²) in [4.78, 5) is 33.8. The highest BCUT2D eigenvalue weighted by Gasteiger charge is 2.35. The van der Waals surface area contributed by atoms with Crippen molar-refractivity contribution in [2.75, 3.05) is 0 Å². The van der Waals surface area contributed by atoms with Crippen molar-refractivity contribution in [2.24, 2.45) is 5.92 Å². The van der Waals surface area contributed by atoms with Gasteiger partial charge in [0.15, 0.2) is 5.92 Å². The minimum Gasteiger partial charge on any atom is -0.481 e. The number of amides is 1. The number of carboxylic acids is 2. The molecule has 0 aliphatic rings. The second-order valence-electron chi connectivity index (χ2n) is 4.76. The van der Waals surface area contributed by atoms with Crippen molar-refractivity contribution >= 4 is 18.0 Å². The van der Waals surface area contributed by atoms with E-state index in [2.05, 4.69) is 5.32 Å². The average Bonchev–Trinajstić information content (AvgIpc) is 2.45. The summed E-state index contributed by atoms with van der Waals surface area (Å²) in [6.07, 6.45) is -0.0838. The summed E-state index contributed by atoms with van der Waals surface area (Å²) in [6.45, 7) is 1.79. The molecule has 1 aromatic rings. The predicted molar refractivity (Wildman–Crippen MR) is 77.2 cm³/mol. The summed E-state index contributed by atoms with van der Waals surface area (Å²) in [6, 6.07) is 7.93. The van der Waals surface area contributed by atoms with Crippen molar-refractivity contribution < 1.29 is 29.3 Å². The highest BCUT2D eigenvalue weighted by molar-refractivity contribution is 5.94. The maximum Gasteiger partial charge on any atom is 0.407 e. The first-order chi connectivity index (χ1) is 10.5. The van der Waals surface area contributed by atoms with E-state index in [4.69, 9.17) is 14.9 Å². The molecule has 0 aliphatic carbocycles. The molecule has 0 fully saturated rings. The molecule has 120 valence electrons. The molecule has 1 aromatic carbocycles. The number of ether oxygens (including phenoxy) is 1. The third-order valence-electron chi connectivity index (χ3n) is 3.05. The van der Waals surface area contributed by atoms with Crippen LogP contribution < -0.4 is 5.32 Å². The first kappa shape index (κ1) is 17.5. The van der Waals surface area contributed by atoms with Crippen LogP contribution >= 0.6 is 0 Å². The second-order valence-corrected chi connectivity index (χ2v) is 4.76. The molecule has 0 aliphatic heterocycles. The van der Waals surface area contributed by atoms with Gasteiger partial charge in [-0.1, -0.05) is 43.7 Å². The topological polar surface area (TPSA) is 113 Å². The maximum atomic E-state index is 11.7. The van der Waals surface area contributed by atoms with Gasteiger partial charge in [-0.2, -0.15) is 0 Å². The number of carboxylic acid groups (broad SMARTS) is 2. The molecule has 1 atom stereocenters. The Hall–Kier alpha value is -2.57. The molecule has 22 heavy (non-hydrogen) atoms. The van der Waals surface area contributed by atoms with Crippen molar-refractivity contribution in [3.8, 4) is 0 Å². The lowest BCUT2D eigenvalue weighted by atomic mass is 9.96. The van der Waals surface area contributed by atoms with Crippen LogP contribution in [0.4, 0.5) is 4.79 Å². The maximum absolute atomic E-state index is 11.7. The SMILES string of the molecule is CCC[C@H](NC(=O)OCc1ccccc1)C(C(=O)O)C(=O)O. The molecule has 0 saturated carbocycles. The molecule has 1 amide bonds. The van der Waals surface area contributed by atoms with Gasteiger partial charge in [0.1, 0.15) is 6.61 Å². The van der Waals surface area contributed by atoms with Gasteiger partial charge in [0.25, 0.3) is 0 Å². The van der Waals surface area contributed by atoms with Crippen LogP contribution in [0.2, 0.25) is 0 Å². The number of aliphatic carboxylic acids is 2. The van der Waals surface area contributed by atoms with E-state index >= 15 is 0 Å². The zero-order valence-electron chi connectivity index (χ0n) is 12.2. The number of carbonyl (C=O) groups excluding carboxylic acids is 1. The summed E-state index contributed by atoms with van der Waals surface area (Å²) in [5, 5.41) is 20.3. The summed E-state index contributed by atoms with van der Waals surface area (Å²) in [5.74, 6) is -4.69. The smallest absolute Gasteiger partial charge is 0.407 e. The van der Waals surface area contributed by atoms with E-state index in [0.29, 0.717) is 6.42 Å². The lowest BCUT2D eigenvalue weighted by molar-refractivity contribution is -0.155. The van der Waals surface area contributed by atoms with Gasteiger partial charge in [0.05, 0.1) is 6.04 Å². The zero-order chi connectivity index (χ0) is 16.5. The number of rotatable bonds is 8. The van der Waals surface area contributed by atoms with E-state index in [1.54, 1.807) is 31.2 Å². The Labute approximate surface area is 127 Å². The van der Waals surface area contributed by atoms with Crippen LogP contribution in [-0.2, 0) is 20.9 Å². The Morgan fingerprint density at radius 2 is 1.73 bits per heavy atom. The monoisotopic (exact) mass is 309 g/mol. The predicted octanol–water partition coefficient (Wildman–Crippen LogP) is 1.87. The van der Waals surface area contributed by atoms with E-state index in [0.717, 1.165) is 5.56 Å². The fourth-order valence-corrected chi connectivity index (χ4v) is 2.00. The molecule has 3 N–H and O–H groups in total. The molecular weight excluding hydrogens is 290 g/mol. The zero-order valence-corrected chi connectivity index (χ0v) is 12.2. The van der Waals surface area contributed by atoms with Crippen molar-refractivity contribution in [1.29, 1.82) is 0 Å². The van der Waals surface area contributed by atoms with Crippen molar-refractivity contribution in [3.63, 3.8) is 0 Å². The van der Waals surface area contributed by atoms with E-state index in [1.807, 2.05) is 6.07 Å². The van der Waals surface area contributed by atoms with Crippen LogP contribution in [0.25, 0.3) is 0 Å². The van der Waals surface area contributed by atoms with Gasteiger partial charge >= 0.3 is 18.0 Å². The summed E-state index contributed by atoms with van der Waals surface area (Å²) in [5.41, 5.74) is 0.776. The Morgan fingerprint density at radius 3 is 2.23 bits per heavy atom. The number of hydrogen-bond acceptors (Lipinski definition) is 4.